The summed E-state index contributed by atoms with van der Waals surface area (Å²) < 4.78 is 2.67. The number of hydrogen-bond donors (Lipinski definition) is 0. The standard InChI is InChI=1S/C66H55BN2S/c1-40-35-41(2)59(42(3)36-40)43-37-50-48-30-31-49-47-23-14-17-28-58(47)70-63(49)61(48)69(46-29-32-51-54(39-46)65(6,7)34-33-64(51,4)5)67-55-26-18-25-53-62(55)68(57(38-43)60(50)67)56-27-16-15-24-52(56)66(53,44-19-10-8-11-20-44)45-21-12-9-13-22-45/h8-32,35-39H,33-34H2,1-7H3. The number of aryl methyl sites for hydroxylation is 3. The summed E-state index contributed by atoms with van der Waals surface area (Å²) in [6.07, 6.45) is 2.34. The highest BCUT2D eigenvalue weighted by Gasteiger charge is 2.53. The van der Waals surface area contributed by atoms with Gasteiger partial charge in [0.15, 0.2) is 0 Å². The molecule has 9 aromatic carbocycles. The number of hydrogen-bond acceptors (Lipinski definition) is 3. The van der Waals surface area contributed by atoms with E-state index in [0.717, 1.165) is 6.42 Å². The molecule has 0 N–H and O–H groups in total. The molecule has 0 bridgehead atoms. The van der Waals surface area contributed by atoms with E-state index < -0.39 is 5.41 Å². The predicted octanol–water partition coefficient (Wildman–Crippen LogP) is 16.4. The van der Waals surface area contributed by atoms with E-state index in [-0.39, 0.29) is 17.7 Å². The molecule has 10 aromatic rings. The fourth-order valence-corrected chi connectivity index (χ4v) is 15.1. The number of thiophene rings is 1. The SMILES string of the molecule is Cc1cc(C)c(-c2cc3c4c(c2)N2c5ccccc5C(c5ccccc5)(c5ccccc5)c5cccc(c52)B4N(c2ccc4c(c2)C(C)(C)CCC4(C)C)c2c-3ccc3c2sc2ccccc23)c(C)c1. The molecule has 338 valence electrons. The molecule has 3 aliphatic heterocycles. The van der Waals surface area contributed by atoms with Crippen LogP contribution < -0.4 is 20.6 Å². The molecule has 1 aliphatic carbocycles. The lowest BCUT2D eigenvalue weighted by Gasteiger charge is -2.52. The maximum absolute atomic E-state index is 2.80. The molecule has 0 atom stereocenters. The molecular formula is C66H55BN2S. The van der Waals surface area contributed by atoms with Gasteiger partial charge in [-0.3, -0.25) is 0 Å². The zero-order valence-electron chi connectivity index (χ0n) is 41.1. The molecule has 0 spiro atoms. The Morgan fingerprint density at radius 2 is 1.16 bits per heavy atom. The molecule has 0 unspecified atom stereocenters. The minimum Gasteiger partial charge on any atom is -0.375 e. The van der Waals surface area contributed by atoms with Crippen LogP contribution in [0.5, 0.6) is 0 Å². The van der Waals surface area contributed by atoms with Crippen LogP contribution in [-0.2, 0) is 16.2 Å². The highest BCUT2D eigenvalue weighted by molar-refractivity contribution is 7.26. The van der Waals surface area contributed by atoms with Crippen LogP contribution in [-0.4, -0.2) is 6.85 Å². The highest BCUT2D eigenvalue weighted by atomic mass is 32.1. The van der Waals surface area contributed by atoms with Crippen LogP contribution in [0.25, 0.3) is 42.4 Å². The number of fused-ring (bicyclic) bond motifs is 11. The monoisotopic (exact) mass is 918 g/mol. The summed E-state index contributed by atoms with van der Waals surface area (Å²) >= 11 is 1.95. The van der Waals surface area contributed by atoms with Crippen LogP contribution in [0.4, 0.5) is 28.4 Å². The smallest absolute Gasteiger partial charge is 0.333 e. The van der Waals surface area contributed by atoms with E-state index in [4.69, 9.17) is 0 Å². The van der Waals surface area contributed by atoms with Gasteiger partial charge in [-0.2, -0.15) is 0 Å². The van der Waals surface area contributed by atoms with Crippen LogP contribution in [0.2, 0.25) is 0 Å². The molecule has 0 amide bonds. The van der Waals surface area contributed by atoms with Crippen molar-refractivity contribution in [3.8, 4) is 22.3 Å². The maximum Gasteiger partial charge on any atom is 0.333 e. The third-order valence-electron chi connectivity index (χ3n) is 17.0. The lowest BCUT2D eigenvalue weighted by Crippen LogP contribution is -2.62. The van der Waals surface area contributed by atoms with Crippen molar-refractivity contribution in [3.05, 3.63) is 232 Å². The van der Waals surface area contributed by atoms with Crippen molar-refractivity contribution in [1.82, 2.24) is 0 Å². The first-order chi connectivity index (χ1) is 34.0. The zero-order valence-corrected chi connectivity index (χ0v) is 41.9. The lowest BCUT2D eigenvalue weighted by molar-refractivity contribution is 0.332. The highest BCUT2D eigenvalue weighted by Crippen LogP contribution is 2.61. The van der Waals surface area contributed by atoms with Gasteiger partial charge < -0.3 is 9.71 Å². The summed E-state index contributed by atoms with van der Waals surface area (Å²) in [7, 11) is 0. The van der Waals surface area contributed by atoms with Gasteiger partial charge >= 0.3 is 6.85 Å². The van der Waals surface area contributed by atoms with Gasteiger partial charge in [-0.25, -0.2) is 0 Å². The number of nitrogens with zero attached hydrogens (tertiary/aromatic N) is 2. The van der Waals surface area contributed by atoms with Gasteiger partial charge in [0.2, 0.25) is 0 Å². The Morgan fingerprint density at radius 1 is 0.500 bits per heavy atom. The normalized spacial score (nSPS) is 16.4. The van der Waals surface area contributed by atoms with Crippen molar-refractivity contribution < 1.29 is 0 Å². The van der Waals surface area contributed by atoms with Gasteiger partial charge in [-0.05, 0) is 153 Å². The van der Waals surface area contributed by atoms with Gasteiger partial charge in [0.25, 0.3) is 0 Å². The first-order valence-corrected chi connectivity index (χ1v) is 26.1. The molecule has 0 fully saturated rings. The average molecular weight is 919 g/mol. The molecule has 0 saturated carbocycles. The van der Waals surface area contributed by atoms with E-state index >= 15 is 0 Å². The van der Waals surface area contributed by atoms with Crippen LogP contribution in [0.1, 0.15) is 90.6 Å². The Bertz CT molecular complexity index is 3780. The second-order valence-electron chi connectivity index (χ2n) is 22.0. The molecule has 4 heteroatoms. The fourth-order valence-electron chi connectivity index (χ4n) is 13.9. The zero-order chi connectivity index (χ0) is 47.4. The summed E-state index contributed by atoms with van der Waals surface area (Å²) in [5.41, 5.74) is 25.7. The van der Waals surface area contributed by atoms with Gasteiger partial charge in [-0.1, -0.05) is 179 Å². The van der Waals surface area contributed by atoms with E-state index in [1.165, 1.54) is 138 Å². The van der Waals surface area contributed by atoms with E-state index in [0.29, 0.717) is 0 Å². The topological polar surface area (TPSA) is 6.48 Å². The molecule has 1 aromatic heterocycles. The minimum atomic E-state index is -0.597. The Balaban J connectivity index is 1.17. The number of benzene rings is 9. The maximum atomic E-state index is 2.80. The number of anilines is 5. The first-order valence-electron chi connectivity index (χ1n) is 25.2. The van der Waals surface area contributed by atoms with Gasteiger partial charge in [0.1, 0.15) is 0 Å². The molecule has 4 aliphatic rings. The summed E-state index contributed by atoms with van der Waals surface area (Å²) in [6, 6.07) is 70.5. The van der Waals surface area contributed by atoms with Gasteiger partial charge in [-0.15, -0.1) is 11.3 Å². The van der Waals surface area contributed by atoms with E-state index in [1.54, 1.807) is 0 Å². The fraction of sp³-hybridized carbons (Fsp3) is 0.182. The van der Waals surface area contributed by atoms with Crippen molar-refractivity contribution in [2.45, 2.75) is 77.6 Å². The van der Waals surface area contributed by atoms with Crippen LogP contribution in [0, 0.1) is 20.8 Å². The van der Waals surface area contributed by atoms with E-state index in [1.807, 2.05) is 11.3 Å². The third kappa shape index (κ3) is 5.57. The quantitative estimate of drug-likeness (QED) is 0.162. The average Bonchev–Trinajstić information content (AvgIpc) is 3.76. The summed E-state index contributed by atoms with van der Waals surface area (Å²) in [5, 5.41) is 2.64. The van der Waals surface area contributed by atoms with Crippen molar-refractivity contribution in [1.29, 1.82) is 0 Å². The predicted molar refractivity (Wildman–Crippen MR) is 300 cm³/mol. The molecule has 70 heavy (non-hydrogen) atoms. The van der Waals surface area contributed by atoms with Gasteiger partial charge in [0, 0.05) is 38.1 Å². The number of para-hydroxylation sites is 2. The molecule has 0 radical (unpaired) electrons. The minimum absolute atomic E-state index is 0.0365. The molecule has 0 saturated heterocycles. The Hall–Kier alpha value is -7.14. The summed E-state index contributed by atoms with van der Waals surface area (Å²) in [4.78, 5) is 5.49. The van der Waals surface area contributed by atoms with Crippen LogP contribution >= 0.6 is 11.3 Å². The van der Waals surface area contributed by atoms with Crippen molar-refractivity contribution in [2.75, 3.05) is 9.71 Å². The molecule has 14 rings (SSSR count). The van der Waals surface area contributed by atoms with Gasteiger partial charge in [0.05, 0.1) is 21.5 Å². The summed E-state index contributed by atoms with van der Waals surface area (Å²) in [6.45, 7) is 16.5. The third-order valence-corrected chi connectivity index (χ3v) is 18.2. The van der Waals surface area contributed by atoms with Crippen LogP contribution in [0.3, 0.4) is 0 Å². The van der Waals surface area contributed by atoms with E-state index in [2.05, 4.69) is 240 Å². The molecule has 2 nitrogen and oxygen atoms in total. The first kappa shape index (κ1) is 41.8. The second-order valence-corrected chi connectivity index (χ2v) is 23.1. The second kappa shape index (κ2) is 14.7. The lowest BCUT2D eigenvalue weighted by atomic mass is 9.42. The number of rotatable bonds is 4. The van der Waals surface area contributed by atoms with E-state index in [9.17, 15) is 0 Å². The Labute approximate surface area is 417 Å². The molecule has 4 heterocycles. The van der Waals surface area contributed by atoms with Crippen molar-refractivity contribution >= 4 is 77.7 Å². The summed E-state index contributed by atoms with van der Waals surface area (Å²) in [5.74, 6) is 0. The molecular weight excluding hydrogens is 864 g/mol. The Morgan fingerprint density at radius 3 is 1.90 bits per heavy atom. The largest absolute Gasteiger partial charge is 0.375 e. The van der Waals surface area contributed by atoms with Crippen molar-refractivity contribution in [2.24, 2.45) is 0 Å². The van der Waals surface area contributed by atoms with Crippen LogP contribution in [0.15, 0.2) is 182 Å². The van der Waals surface area contributed by atoms with Crippen molar-refractivity contribution in [3.63, 3.8) is 0 Å². The Kier molecular flexibility index (Phi) is 8.78.